The maximum Gasteiger partial charge on any atom is 0.191 e. The second-order valence-electron chi connectivity index (χ2n) is 7.38. The molecule has 29 heavy (non-hydrogen) atoms. The Hall–Kier alpha value is -2.38. The van der Waals surface area contributed by atoms with Gasteiger partial charge >= 0.3 is 0 Å². The number of guanidine groups is 1. The Balaban J connectivity index is 1.43. The topological polar surface area (TPSA) is 72.7 Å². The molecular formula is C22H33N5O2. The van der Waals surface area contributed by atoms with Crippen molar-refractivity contribution in [2.45, 2.75) is 45.8 Å². The number of rotatable bonds is 9. The van der Waals surface area contributed by atoms with Crippen LogP contribution < -0.4 is 10.6 Å². The number of nitrogens with zero attached hydrogens (tertiary/aromatic N) is 3. The molecule has 0 spiro atoms. The van der Waals surface area contributed by atoms with E-state index in [2.05, 4.69) is 45.8 Å². The summed E-state index contributed by atoms with van der Waals surface area (Å²) in [6, 6.07) is 10.4. The zero-order chi connectivity index (χ0) is 20.5. The summed E-state index contributed by atoms with van der Waals surface area (Å²) < 4.78 is 13.3. The number of hydrogen-bond acceptors (Lipinski definition) is 4. The van der Waals surface area contributed by atoms with Crippen molar-refractivity contribution in [2.75, 3.05) is 33.4 Å². The van der Waals surface area contributed by atoms with Gasteiger partial charge in [-0.3, -0.25) is 4.99 Å². The van der Waals surface area contributed by atoms with Crippen LogP contribution in [0.4, 0.5) is 0 Å². The number of hydrogen-bond donors (Lipinski definition) is 2. The van der Waals surface area contributed by atoms with E-state index < -0.39 is 0 Å². The van der Waals surface area contributed by atoms with Crippen LogP contribution in [0, 0.1) is 13.8 Å². The highest BCUT2D eigenvalue weighted by atomic mass is 16.5. The fourth-order valence-corrected chi connectivity index (χ4v) is 3.51. The fourth-order valence-electron chi connectivity index (χ4n) is 3.51. The van der Waals surface area contributed by atoms with Gasteiger partial charge in [-0.2, -0.15) is 5.10 Å². The maximum atomic E-state index is 5.71. The van der Waals surface area contributed by atoms with Gasteiger partial charge in [-0.25, -0.2) is 4.68 Å². The number of aliphatic imine (C=N–C) groups is 1. The van der Waals surface area contributed by atoms with E-state index in [1.54, 1.807) is 7.05 Å². The zero-order valence-electron chi connectivity index (χ0n) is 17.8. The van der Waals surface area contributed by atoms with Gasteiger partial charge in [0.2, 0.25) is 0 Å². The highest BCUT2D eigenvalue weighted by Gasteiger charge is 2.15. The van der Waals surface area contributed by atoms with E-state index >= 15 is 0 Å². The third kappa shape index (κ3) is 6.30. The first-order valence-corrected chi connectivity index (χ1v) is 10.4. The second kappa shape index (κ2) is 11.0. The van der Waals surface area contributed by atoms with Gasteiger partial charge in [0.1, 0.15) is 0 Å². The van der Waals surface area contributed by atoms with Crippen molar-refractivity contribution in [3.8, 4) is 5.69 Å². The van der Waals surface area contributed by atoms with Crippen LogP contribution in [0.25, 0.3) is 5.69 Å². The Morgan fingerprint density at radius 1 is 1.31 bits per heavy atom. The van der Waals surface area contributed by atoms with Crippen molar-refractivity contribution in [2.24, 2.45) is 4.99 Å². The predicted molar refractivity (Wildman–Crippen MR) is 116 cm³/mol. The van der Waals surface area contributed by atoms with Crippen molar-refractivity contribution >= 4 is 5.96 Å². The normalized spacial score (nSPS) is 16.9. The molecule has 7 heteroatoms. The lowest BCUT2D eigenvalue weighted by atomic mass is 10.1. The molecule has 1 fully saturated rings. The molecule has 2 heterocycles. The van der Waals surface area contributed by atoms with Crippen molar-refractivity contribution in [3.63, 3.8) is 0 Å². The molecule has 0 saturated carbocycles. The number of benzene rings is 1. The summed E-state index contributed by atoms with van der Waals surface area (Å²) in [5.41, 5.74) is 4.40. The van der Waals surface area contributed by atoms with Gasteiger partial charge < -0.3 is 20.1 Å². The first-order chi connectivity index (χ1) is 14.2. The zero-order valence-corrected chi connectivity index (χ0v) is 17.8. The van der Waals surface area contributed by atoms with Crippen LogP contribution >= 0.6 is 0 Å². The summed E-state index contributed by atoms with van der Waals surface area (Å²) >= 11 is 0. The van der Waals surface area contributed by atoms with Gasteiger partial charge in [-0.05, 0) is 50.8 Å². The standard InChI is InChI=1S/C22H33N5O2/c1-17-14-18(2)27(26-17)21-10-5-4-8-19(21)15-25-22(23-3)24-11-7-12-28-16-20-9-6-13-29-20/h4-5,8,10,14,20H,6-7,9,11-13,15-16H2,1-3H3,(H2,23,24,25). The Morgan fingerprint density at radius 2 is 2.17 bits per heavy atom. The Kier molecular flexibility index (Phi) is 8.07. The molecule has 7 nitrogen and oxygen atoms in total. The second-order valence-corrected chi connectivity index (χ2v) is 7.38. The van der Waals surface area contributed by atoms with Crippen LogP contribution in [-0.4, -0.2) is 55.3 Å². The smallest absolute Gasteiger partial charge is 0.191 e. The monoisotopic (exact) mass is 399 g/mol. The van der Waals surface area contributed by atoms with E-state index in [4.69, 9.17) is 9.47 Å². The molecule has 1 aliphatic heterocycles. The van der Waals surface area contributed by atoms with Crippen LogP contribution in [0.1, 0.15) is 36.2 Å². The molecule has 0 bridgehead atoms. The quantitative estimate of drug-likeness (QED) is 0.385. The fraction of sp³-hybridized carbons (Fsp3) is 0.545. The molecule has 0 amide bonds. The van der Waals surface area contributed by atoms with Crippen molar-refractivity contribution in [1.29, 1.82) is 0 Å². The number of para-hydroxylation sites is 1. The van der Waals surface area contributed by atoms with Gasteiger partial charge in [0.15, 0.2) is 5.96 Å². The Labute approximate surface area is 173 Å². The van der Waals surface area contributed by atoms with Gasteiger partial charge in [0, 0.05) is 39.0 Å². The summed E-state index contributed by atoms with van der Waals surface area (Å²) in [7, 11) is 1.79. The minimum absolute atomic E-state index is 0.291. The summed E-state index contributed by atoms with van der Waals surface area (Å²) in [6.45, 7) is 7.88. The van der Waals surface area contributed by atoms with Crippen LogP contribution in [0.15, 0.2) is 35.3 Å². The lowest BCUT2D eigenvalue weighted by molar-refractivity contribution is 0.0168. The molecule has 1 atom stereocenters. The molecule has 1 unspecified atom stereocenters. The summed E-state index contributed by atoms with van der Waals surface area (Å²) in [5, 5.41) is 11.4. The van der Waals surface area contributed by atoms with Crippen molar-refractivity contribution in [1.82, 2.24) is 20.4 Å². The first kappa shape index (κ1) is 21.3. The molecule has 158 valence electrons. The molecule has 2 aromatic rings. The Bertz CT molecular complexity index is 796. The van der Waals surface area contributed by atoms with Gasteiger partial charge in [0.25, 0.3) is 0 Å². The van der Waals surface area contributed by atoms with E-state index in [1.165, 1.54) is 5.56 Å². The minimum Gasteiger partial charge on any atom is -0.379 e. The number of nitrogens with one attached hydrogen (secondary N) is 2. The van der Waals surface area contributed by atoms with E-state index in [0.29, 0.717) is 19.3 Å². The van der Waals surface area contributed by atoms with Crippen LogP contribution in [0.5, 0.6) is 0 Å². The van der Waals surface area contributed by atoms with Crippen molar-refractivity contribution < 1.29 is 9.47 Å². The number of ether oxygens (including phenoxy) is 2. The molecule has 1 aromatic heterocycles. The van der Waals surface area contributed by atoms with Crippen LogP contribution in [0.2, 0.25) is 0 Å². The van der Waals surface area contributed by atoms with E-state index in [9.17, 15) is 0 Å². The molecular weight excluding hydrogens is 366 g/mol. The third-order valence-electron chi connectivity index (χ3n) is 4.98. The molecule has 1 aromatic carbocycles. The number of aromatic nitrogens is 2. The third-order valence-corrected chi connectivity index (χ3v) is 4.98. The van der Waals surface area contributed by atoms with E-state index in [1.807, 2.05) is 23.7 Å². The molecule has 2 N–H and O–H groups in total. The first-order valence-electron chi connectivity index (χ1n) is 10.4. The summed E-state index contributed by atoms with van der Waals surface area (Å²) in [5.74, 6) is 0.785. The van der Waals surface area contributed by atoms with E-state index in [-0.39, 0.29) is 0 Å². The highest BCUT2D eigenvalue weighted by molar-refractivity contribution is 5.79. The highest BCUT2D eigenvalue weighted by Crippen LogP contribution is 2.17. The largest absolute Gasteiger partial charge is 0.379 e. The Morgan fingerprint density at radius 3 is 2.90 bits per heavy atom. The van der Waals surface area contributed by atoms with Gasteiger partial charge in [-0.1, -0.05) is 18.2 Å². The van der Waals surface area contributed by atoms with Crippen molar-refractivity contribution in [3.05, 3.63) is 47.3 Å². The predicted octanol–water partition coefficient (Wildman–Crippen LogP) is 2.74. The average Bonchev–Trinajstić information content (AvgIpc) is 3.36. The molecule has 0 aliphatic carbocycles. The number of aryl methyl sites for hydroxylation is 2. The van der Waals surface area contributed by atoms with Gasteiger partial charge in [-0.15, -0.1) is 0 Å². The lowest BCUT2D eigenvalue weighted by Gasteiger charge is -2.15. The SMILES string of the molecule is CN=C(NCCCOCC1CCCO1)NCc1ccccc1-n1nc(C)cc1C. The van der Waals surface area contributed by atoms with Gasteiger partial charge in [0.05, 0.1) is 24.1 Å². The van der Waals surface area contributed by atoms with E-state index in [0.717, 1.165) is 62.1 Å². The van der Waals surface area contributed by atoms with Crippen LogP contribution in [0.3, 0.4) is 0 Å². The average molecular weight is 400 g/mol. The molecule has 3 rings (SSSR count). The molecule has 1 saturated heterocycles. The summed E-state index contributed by atoms with van der Waals surface area (Å²) in [4.78, 5) is 4.32. The molecule has 0 radical (unpaired) electrons. The van der Waals surface area contributed by atoms with Crippen LogP contribution in [-0.2, 0) is 16.0 Å². The lowest BCUT2D eigenvalue weighted by Crippen LogP contribution is -2.37. The molecule has 1 aliphatic rings. The maximum absolute atomic E-state index is 5.71. The minimum atomic E-state index is 0.291. The summed E-state index contributed by atoms with van der Waals surface area (Å²) in [6.07, 6.45) is 3.49.